The van der Waals surface area contributed by atoms with Crippen molar-refractivity contribution in [3.63, 3.8) is 0 Å². The third-order valence-corrected chi connectivity index (χ3v) is 2.68. The van der Waals surface area contributed by atoms with Crippen molar-refractivity contribution < 1.29 is 14.3 Å². The SMILES string of the molecule is C=C1CCN(Cc2ccc(OC)cc2)C(=O)O1. The number of hydrogen-bond donors (Lipinski definition) is 0. The summed E-state index contributed by atoms with van der Waals surface area (Å²) in [5, 5.41) is 0. The van der Waals surface area contributed by atoms with E-state index in [2.05, 4.69) is 6.58 Å². The van der Waals surface area contributed by atoms with Crippen LogP contribution in [0.1, 0.15) is 12.0 Å². The van der Waals surface area contributed by atoms with Crippen LogP contribution in [0.2, 0.25) is 0 Å². The molecule has 4 heteroatoms. The highest BCUT2D eigenvalue weighted by molar-refractivity contribution is 5.69. The van der Waals surface area contributed by atoms with Crippen LogP contribution in [-0.4, -0.2) is 24.6 Å². The van der Waals surface area contributed by atoms with Crippen LogP contribution >= 0.6 is 0 Å². The number of amides is 1. The summed E-state index contributed by atoms with van der Waals surface area (Å²) >= 11 is 0. The summed E-state index contributed by atoms with van der Waals surface area (Å²) in [5.74, 6) is 1.35. The number of cyclic esters (lactones) is 1. The van der Waals surface area contributed by atoms with Crippen molar-refractivity contribution in [1.82, 2.24) is 4.90 Å². The molecule has 0 spiro atoms. The van der Waals surface area contributed by atoms with E-state index >= 15 is 0 Å². The van der Waals surface area contributed by atoms with Crippen molar-refractivity contribution in [2.24, 2.45) is 0 Å². The predicted molar refractivity (Wildman–Crippen MR) is 63.6 cm³/mol. The maximum absolute atomic E-state index is 11.6. The number of methoxy groups -OCH3 is 1. The molecule has 0 radical (unpaired) electrons. The lowest BCUT2D eigenvalue weighted by atomic mass is 10.2. The molecule has 90 valence electrons. The number of rotatable bonds is 3. The Hall–Kier alpha value is -1.97. The molecule has 0 aromatic heterocycles. The summed E-state index contributed by atoms with van der Waals surface area (Å²) in [6.45, 7) is 4.85. The monoisotopic (exact) mass is 233 g/mol. The second kappa shape index (κ2) is 4.91. The molecule has 0 atom stereocenters. The molecule has 1 amide bonds. The standard InChI is InChI=1S/C13H15NO3/c1-10-7-8-14(13(15)17-10)9-11-3-5-12(16-2)6-4-11/h3-6H,1,7-9H2,2H3. The zero-order valence-corrected chi connectivity index (χ0v) is 9.81. The third-order valence-electron chi connectivity index (χ3n) is 2.68. The van der Waals surface area contributed by atoms with Crippen LogP contribution in [0.4, 0.5) is 4.79 Å². The van der Waals surface area contributed by atoms with E-state index < -0.39 is 0 Å². The lowest BCUT2D eigenvalue weighted by Crippen LogP contribution is -2.36. The van der Waals surface area contributed by atoms with Crippen LogP contribution in [0.5, 0.6) is 5.75 Å². The van der Waals surface area contributed by atoms with Gasteiger partial charge in [-0.15, -0.1) is 0 Å². The van der Waals surface area contributed by atoms with Crippen LogP contribution < -0.4 is 4.74 Å². The Morgan fingerprint density at radius 1 is 1.41 bits per heavy atom. The number of carbonyl (C=O) groups is 1. The first-order valence-electron chi connectivity index (χ1n) is 5.46. The van der Waals surface area contributed by atoms with Crippen molar-refractivity contribution in [3.05, 3.63) is 42.2 Å². The van der Waals surface area contributed by atoms with Gasteiger partial charge in [-0.2, -0.15) is 0 Å². The van der Waals surface area contributed by atoms with Gasteiger partial charge in [-0.3, -0.25) is 0 Å². The highest BCUT2D eigenvalue weighted by Gasteiger charge is 2.21. The van der Waals surface area contributed by atoms with E-state index in [9.17, 15) is 4.79 Å². The Balaban J connectivity index is 2.00. The molecular formula is C13H15NO3. The minimum atomic E-state index is -0.322. The van der Waals surface area contributed by atoms with Crippen molar-refractivity contribution in [3.8, 4) is 5.75 Å². The fourth-order valence-corrected chi connectivity index (χ4v) is 1.68. The van der Waals surface area contributed by atoms with Gasteiger partial charge in [-0.1, -0.05) is 18.7 Å². The Morgan fingerprint density at radius 3 is 2.71 bits per heavy atom. The molecule has 0 bridgehead atoms. The molecule has 4 nitrogen and oxygen atoms in total. The topological polar surface area (TPSA) is 38.8 Å². The summed E-state index contributed by atoms with van der Waals surface area (Å²) < 4.78 is 10.1. The highest BCUT2D eigenvalue weighted by Crippen LogP contribution is 2.18. The predicted octanol–water partition coefficient (Wildman–Crippen LogP) is 2.55. The van der Waals surface area contributed by atoms with Gasteiger partial charge in [-0.25, -0.2) is 4.79 Å². The molecule has 0 saturated carbocycles. The Morgan fingerprint density at radius 2 is 2.12 bits per heavy atom. The second-order valence-electron chi connectivity index (χ2n) is 3.93. The average Bonchev–Trinajstić information content (AvgIpc) is 2.34. The Labute approximate surface area is 100 Å². The number of ether oxygens (including phenoxy) is 2. The maximum Gasteiger partial charge on any atom is 0.415 e. The van der Waals surface area contributed by atoms with Gasteiger partial charge in [-0.05, 0) is 17.7 Å². The fraction of sp³-hybridized carbons (Fsp3) is 0.308. The molecule has 1 aromatic rings. The van der Waals surface area contributed by atoms with Crippen LogP contribution in [0.25, 0.3) is 0 Å². The molecule has 1 heterocycles. The molecule has 1 aliphatic rings. The third kappa shape index (κ3) is 2.78. The molecule has 0 aliphatic carbocycles. The smallest absolute Gasteiger partial charge is 0.415 e. The largest absolute Gasteiger partial charge is 0.497 e. The zero-order valence-electron chi connectivity index (χ0n) is 9.81. The molecule has 2 rings (SSSR count). The van der Waals surface area contributed by atoms with E-state index in [-0.39, 0.29) is 6.09 Å². The van der Waals surface area contributed by atoms with E-state index in [1.807, 2.05) is 24.3 Å². The van der Waals surface area contributed by atoms with Gasteiger partial charge in [0.25, 0.3) is 0 Å². The highest BCUT2D eigenvalue weighted by atomic mass is 16.6. The van der Waals surface area contributed by atoms with E-state index in [0.29, 0.717) is 25.3 Å². The molecule has 17 heavy (non-hydrogen) atoms. The molecule has 1 aliphatic heterocycles. The van der Waals surface area contributed by atoms with Crippen LogP contribution in [0, 0.1) is 0 Å². The van der Waals surface area contributed by atoms with Crippen LogP contribution in [0.15, 0.2) is 36.6 Å². The first-order chi connectivity index (χ1) is 8.19. The van der Waals surface area contributed by atoms with Gasteiger partial charge in [0, 0.05) is 19.5 Å². The maximum atomic E-state index is 11.6. The summed E-state index contributed by atoms with van der Waals surface area (Å²) in [4.78, 5) is 13.2. The van der Waals surface area contributed by atoms with E-state index in [1.54, 1.807) is 12.0 Å². The fourth-order valence-electron chi connectivity index (χ4n) is 1.68. The van der Waals surface area contributed by atoms with Crippen molar-refractivity contribution in [2.45, 2.75) is 13.0 Å². The molecule has 1 saturated heterocycles. The lowest BCUT2D eigenvalue weighted by molar-refractivity contribution is 0.102. The average molecular weight is 233 g/mol. The van der Waals surface area contributed by atoms with E-state index in [1.165, 1.54) is 0 Å². The zero-order chi connectivity index (χ0) is 12.3. The van der Waals surface area contributed by atoms with Crippen molar-refractivity contribution in [2.75, 3.05) is 13.7 Å². The van der Waals surface area contributed by atoms with Gasteiger partial charge in [0.2, 0.25) is 0 Å². The lowest BCUT2D eigenvalue weighted by Gasteiger charge is -2.27. The van der Waals surface area contributed by atoms with Crippen molar-refractivity contribution in [1.29, 1.82) is 0 Å². The Bertz CT molecular complexity index is 425. The quantitative estimate of drug-likeness (QED) is 0.805. The summed E-state index contributed by atoms with van der Waals surface area (Å²) in [6, 6.07) is 7.64. The van der Waals surface area contributed by atoms with Gasteiger partial charge in [0.1, 0.15) is 11.5 Å². The van der Waals surface area contributed by atoms with Crippen molar-refractivity contribution >= 4 is 6.09 Å². The number of nitrogens with zero attached hydrogens (tertiary/aromatic N) is 1. The summed E-state index contributed by atoms with van der Waals surface area (Å²) in [7, 11) is 1.63. The summed E-state index contributed by atoms with van der Waals surface area (Å²) in [6.07, 6.45) is 0.374. The van der Waals surface area contributed by atoms with Crippen LogP contribution in [-0.2, 0) is 11.3 Å². The molecular weight excluding hydrogens is 218 g/mol. The normalized spacial score (nSPS) is 15.7. The Kier molecular flexibility index (Phi) is 3.32. The minimum absolute atomic E-state index is 0.322. The van der Waals surface area contributed by atoms with E-state index in [0.717, 1.165) is 11.3 Å². The number of hydrogen-bond acceptors (Lipinski definition) is 3. The molecule has 1 aromatic carbocycles. The molecule has 0 unspecified atom stereocenters. The van der Waals surface area contributed by atoms with Crippen LogP contribution in [0.3, 0.4) is 0 Å². The number of carbonyl (C=O) groups excluding carboxylic acids is 1. The van der Waals surface area contributed by atoms with Gasteiger partial charge < -0.3 is 14.4 Å². The first-order valence-corrected chi connectivity index (χ1v) is 5.46. The van der Waals surface area contributed by atoms with Gasteiger partial charge in [0.15, 0.2) is 0 Å². The molecule has 0 N–H and O–H groups in total. The minimum Gasteiger partial charge on any atom is -0.497 e. The van der Waals surface area contributed by atoms with Gasteiger partial charge in [0.05, 0.1) is 7.11 Å². The number of benzene rings is 1. The second-order valence-corrected chi connectivity index (χ2v) is 3.93. The molecule has 1 fully saturated rings. The van der Waals surface area contributed by atoms with Gasteiger partial charge >= 0.3 is 6.09 Å². The summed E-state index contributed by atoms with van der Waals surface area (Å²) in [5.41, 5.74) is 1.05. The first kappa shape index (κ1) is 11.5. The van der Waals surface area contributed by atoms with E-state index in [4.69, 9.17) is 9.47 Å².